The van der Waals surface area contributed by atoms with E-state index in [0.29, 0.717) is 11.4 Å². The second-order valence-electron chi connectivity index (χ2n) is 5.87. The first kappa shape index (κ1) is 20.6. The minimum atomic E-state index is -4.82. The number of alkyl halides is 3. The highest BCUT2D eigenvalue weighted by molar-refractivity contribution is 6.04. The van der Waals surface area contributed by atoms with Crippen molar-refractivity contribution in [3.63, 3.8) is 0 Å². The number of nitrogens with two attached hydrogens (primary N) is 1. The third kappa shape index (κ3) is 5.01. The monoisotopic (exact) mass is 422 g/mol. The van der Waals surface area contributed by atoms with Crippen molar-refractivity contribution in [1.82, 2.24) is 19.8 Å². The van der Waals surface area contributed by atoms with Crippen molar-refractivity contribution in [3.05, 3.63) is 64.6 Å². The molecule has 1 aromatic heterocycles. The van der Waals surface area contributed by atoms with E-state index < -0.39 is 36.2 Å². The highest BCUT2D eigenvalue weighted by Gasteiger charge is 2.31. The lowest BCUT2D eigenvalue weighted by atomic mass is 10.2. The van der Waals surface area contributed by atoms with Crippen LogP contribution in [-0.4, -0.2) is 38.0 Å². The number of rotatable bonds is 6. The fourth-order valence-corrected chi connectivity index (χ4v) is 2.38. The Morgan fingerprint density at radius 1 is 1.03 bits per heavy atom. The van der Waals surface area contributed by atoms with E-state index in [1.165, 1.54) is 36.4 Å². The quantitative estimate of drug-likeness (QED) is 0.610. The largest absolute Gasteiger partial charge is 0.573 e. The zero-order valence-electron chi connectivity index (χ0n) is 15.0. The van der Waals surface area contributed by atoms with Gasteiger partial charge >= 0.3 is 12.1 Å². The van der Waals surface area contributed by atoms with E-state index in [9.17, 15) is 27.6 Å². The number of carbonyl (C=O) groups excluding carboxylic acids is 2. The number of amides is 2. The van der Waals surface area contributed by atoms with E-state index in [0.717, 1.165) is 21.5 Å². The molecule has 156 valence electrons. The van der Waals surface area contributed by atoms with Gasteiger partial charge in [0, 0.05) is 11.3 Å². The number of ether oxygens (including phenoxy) is 1. The zero-order chi connectivity index (χ0) is 21.9. The van der Waals surface area contributed by atoms with E-state index in [-0.39, 0.29) is 5.56 Å². The Hall–Kier alpha value is -4.16. The molecule has 30 heavy (non-hydrogen) atoms. The summed E-state index contributed by atoms with van der Waals surface area (Å²) in [5.74, 6) is -1.76. The van der Waals surface area contributed by atoms with E-state index in [1.807, 2.05) is 0 Å². The van der Waals surface area contributed by atoms with Gasteiger partial charge in [-0.3, -0.25) is 9.59 Å². The van der Waals surface area contributed by atoms with Gasteiger partial charge in [-0.1, -0.05) is 0 Å². The fourth-order valence-electron chi connectivity index (χ4n) is 2.38. The van der Waals surface area contributed by atoms with Crippen molar-refractivity contribution in [2.24, 2.45) is 5.73 Å². The summed E-state index contributed by atoms with van der Waals surface area (Å²) in [6.07, 6.45) is -4.82. The molecule has 0 aliphatic rings. The molecule has 0 radical (unpaired) electrons. The molecule has 10 nitrogen and oxygen atoms in total. The van der Waals surface area contributed by atoms with E-state index >= 15 is 0 Å². The molecule has 3 aromatic rings. The van der Waals surface area contributed by atoms with E-state index in [1.54, 1.807) is 0 Å². The summed E-state index contributed by atoms with van der Waals surface area (Å²) < 4.78 is 42.0. The smallest absolute Gasteiger partial charge is 0.406 e. The minimum Gasteiger partial charge on any atom is -0.406 e. The molecule has 13 heteroatoms. The lowest BCUT2D eigenvalue weighted by molar-refractivity contribution is -0.274. The average molecular weight is 422 g/mol. The molecule has 0 aliphatic heterocycles. The van der Waals surface area contributed by atoms with Gasteiger partial charge in [-0.05, 0) is 59.0 Å². The Bertz CT molecular complexity index is 1120. The van der Waals surface area contributed by atoms with Crippen LogP contribution < -0.4 is 21.5 Å². The molecule has 0 spiro atoms. The number of carbonyl (C=O) groups is 2. The first-order valence-corrected chi connectivity index (χ1v) is 8.21. The third-order valence-electron chi connectivity index (χ3n) is 3.66. The molecule has 2 aromatic carbocycles. The average Bonchev–Trinajstić information content (AvgIpc) is 3.01. The highest BCUT2D eigenvalue weighted by Crippen LogP contribution is 2.23. The molecule has 1 heterocycles. The molecular weight excluding hydrogens is 409 g/mol. The Labute approximate surface area is 165 Å². The standard InChI is InChI=1S/C17H13F3N6O4/c18-17(19,20)30-13-7-1-10(2-8-13)15(28)22-11-3-5-12(6-4-11)26-16(29)25(23-24-26)9-14(21)27/h1-8H,9H2,(H2,21,27)(H,22,28). The SMILES string of the molecule is NC(=O)Cn1nnn(-c2ccc(NC(=O)c3ccc(OC(F)(F)F)cc3)cc2)c1=O. The van der Waals surface area contributed by atoms with Gasteiger partial charge in [0.25, 0.3) is 5.91 Å². The van der Waals surface area contributed by atoms with Gasteiger partial charge in [0.05, 0.1) is 5.69 Å². The van der Waals surface area contributed by atoms with Crippen LogP contribution in [-0.2, 0) is 11.3 Å². The van der Waals surface area contributed by atoms with Gasteiger partial charge in [0.15, 0.2) is 0 Å². The normalized spacial score (nSPS) is 11.2. The summed E-state index contributed by atoms with van der Waals surface area (Å²) in [5.41, 5.74) is 5.13. The topological polar surface area (TPSA) is 134 Å². The molecule has 0 bridgehead atoms. The molecule has 0 atom stereocenters. The number of halogens is 3. The summed E-state index contributed by atoms with van der Waals surface area (Å²) in [5, 5.41) is 9.74. The van der Waals surface area contributed by atoms with Crippen LogP contribution in [0.3, 0.4) is 0 Å². The predicted molar refractivity (Wildman–Crippen MR) is 95.9 cm³/mol. The Balaban J connectivity index is 1.68. The third-order valence-corrected chi connectivity index (χ3v) is 3.66. The van der Waals surface area contributed by atoms with Gasteiger partial charge in [0.2, 0.25) is 5.91 Å². The molecule has 0 unspecified atom stereocenters. The van der Waals surface area contributed by atoms with Crippen LogP contribution in [0, 0.1) is 0 Å². The Morgan fingerprint density at radius 2 is 1.67 bits per heavy atom. The maximum Gasteiger partial charge on any atom is 0.573 e. The van der Waals surface area contributed by atoms with E-state index in [4.69, 9.17) is 5.73 Å². The summed E-state index contributed by atoms with van der Waals surface area (Å²) in [6.45, 7) is -0.417. The van der Waals surface area contributed by atoms with Crippen LogP contribution in [0.25, 0.3) is 5.69 Å². The zero-order valence-corrected chi connectivity index (χ0v) is 15.0. The molecule has 0 aliphatic carbocycles. The van der Waals surface area contributed by atoms with Gasteiger partial charge in [-0.25, -0.2) is 4.79 Å². The van der Waals surface area contributed by atoms with Crippen molar-refractivity contribution in [2.45, 2.75) is 12.9 Å². The Morgan fingerprint density at radius 3 is 2.23 bits per heavy atom. The lowest BCUT2D eigenvalue weighted by Gasteiger charge is -2.09. The molecular formula is C17H13F3N6O4. The van der Waals surface area contributed by atoms with Crippen LogP contribution in [0.1, 0.15) is 10.4 Å². The second-order valence-corrected chi connectivity index (χ2v) is 5.87. The minimum absolute atomic E-state index is 0.110. The van der Waals surface area contributed by atoms with Gasteiger partial charge in [-0.2, -0.15) is 9.36 Å². The van der Waals surface area contributed by atoms with Crippen molar-refractivity contribution < 1.29 is 27.5 Å². The van der Waals surface area contributed by atoms with Crippen molar-refractivity contribution >= 4 is 17.5 Å². The summed E-state index contributed by atoms with van der Waals surface area (Å²) in [7, 11) is 0. The lowest BCUT2D eigenvalue weighted by Crippen LogP contribution is -2.30. The van der Waals surface area contributed by atoms with Crippen LogP contribution in [0.15, 0.2) is 53.3 Å². The van der Waals surface area contributed by atoms with E-state index in [2.05, 4.69) is 20.5 Å². The maximum atomic E-state index is 12.2. The van der Waals surface area contributed by atoms with Crippen LogP contribution in [0.5, 0.6) is 5.75 Å². The van der Waals surface area contributed by atoms with Gasteiger partial charge in [0.1, 0.15) is 12.3 Å². The number of tetrazole rings is 1. The van der Waals surface area contributed by atoms with Crippen molar-refractivity contribution in [3.8, 4) is 11.4 Å². The second kappa shape index (κ2) is 8.06. The highest BCUT2D eigenvalue weighted by atomic mass is 19.4. The fraction of sp³-hybridized carbons (Fsp3) is 0.118. The molecule has 3 rings (SSSR count). The molecule has 0 fully saturated rings. The van der Waals surface area contributed by atoms with Gasteiger partial charge in [-0.15, -0.1) is 13.2 Å². The first-order chi connectivity index (χ1) is 14.1. The molecule has 3 N–H and O–H groups in total. The van der Waals surface area contributed by atoms with Crippen LogP contribution >= 0.6 is 0 Å². The predicted octanol–water partition coefficient (Wildman–Crippen LogP) is 1.07. The number of nitrogens with one attached hydrogen (secondary N) is 1. The van der Waals surface area contributed by atoms with Crippen molar-refractivity contribution in [2.75, 3.05) is 5.32 Å². The first-order valence-electron chi connectivity index (χ1n) is 8.21. The molecule has 2 amide bonds. The number of nitrogens with zero attached hydrogens (tertiary/aromatic N) is 4. The van der Waals surface area contributed by atoms with Crippen LogP contribution in [0.4, 0.5) is 18.9 Å². The number of aromatic nitrogens is 4. The summed E-state index contributed by atoms with van der Waals surface area (Å²) >= 11 is 0. The number of anilines is 1. The summed E-state index contributed by atoms with van der Waals surface area (Å²) in [4.78, 5) is 35.2. The summed E-state index contributed by atoms with van der Waals surface area (Å²) in [6, 6.07) is 10.3. The Kier molecular flexibility index (Phi) is 5.53. The number of hydrogen-bond acceptors (Lipinski definition) is 6. The number of benzene rings is 2. The van der Waals surface area contributed by atoms with Crippen LogP contribution in [0.2, 0.25) is 0 Å². The molecule has 0 saturated carbocycles. The van der Waals surface area contributed by atoms with Gasteiger partial charge < -0.3 is 15.8 Å². The maximum absolute atomic E-state index is 12.2. The number of hydrogen-bond donors (Lipinski definition) is 2. The molecule has 0 saturated heterocycles. The van der Waals surface area contributed by atoms with Crippen molar-refractivity contribution in [1.29, 1.82) is 0 Å². The number of primary amides is 1.